The SMILES string of the molecule is CC(NC(=O)c1cc2c(ccc3ccccc32)oc1=O)c1ccccc1. The van der Waals surface area contributed by atoms with Crippen LogP contribution in [0.25, 0.3) is 21.7 Å². The summed E-state index contributed by atoms with van der Waals surface area (Å²) in [6, 6.07) is 22.5. The highest BCUT2D eigenvalue weighted by Crippen LogP contribution is 2.25. The third-order valence-corrected chi connectivity index (χ3v) is 4.53. The second-order valence-corrected chi connectivity index (χ2v) is 6.25. The van der Waals surface area contributed by atoms with Gasteiger partial charge in [0.1, 0.15) is 11.1 Å². The molecule has 0 aliphatic heterocycles. The summed E-state index contributed by atoms with van der Waals surface area (Å²) in [7, 11) is 0. The van der Waals surface area contributed by atoms with Crippen LogP contribution in [0.15, 0.2) is 82.0 Å². The fourth-order valence-corrected chi connectivity index (χ4v) is 3.13. The lowest BCUT2D eigenvalue weighted by Crippen LogP contribution is -2.30. The summed E-state index contributed by atoms with van der Waals surface area (Å²) in [6.45, 7) is 1.88. The molecule has 3 aromatic carbocycles. The number of benzene rings is 3. The molecule has 0 bridgehead atoms. The van der Waals surface area contributed by atoms with E-state index in [1.807, 2.05) is 67.6 Å². The molecular weight excluding hydrogens is 326 g/mol. The van der Waals surface area contributed by atoms with E-state index < -0.39 is 11.5 Å². The normalized spacial score (nSPS) is 12.2. The zero-order valence-corrected chi connectivity index (χ0v) is 14.2. The van der Waals surface area contributed by atoms with E-state index in [4.69, 9.17) is 4.42 Å². The summed E-state index contributed by atoms with van der Waals surface area (Å²) in [4.78, 5) is 25.0. The van der Waals surface area contributed by atoms with E-state index in [9.17, 15) is 9.59 Å². The highest BCUT2D eigenvalue weighted by atomic mass is 16.4. The van der Waals surface area contributed by atoms with Crippen molar-refractivity contribution in [3.05, 3.63) is 94.3 Å². The van der Waals surface area contributed by atoms with Gasteiger partial charge in [-0.3, -0.25) is 4.79 Å². The Bertz CT molecular complexity index is 1160. The maximum absolute atomic E-state index is 12.7. The topological polar surface area (TPSA) is 59.3 Å². The first-order valence-corrected chi connectivity index (χ1v) is 8.45. The average Bonchev–Trinajstić information content (AvgIpc) is 2.67. The van der Waals surface area contributed by atoms with E-state index in [1.165, 1.54) is 0 Å². The fourth-order valence-electron chi connectivity index (χ4n) is 3.13. The quantitative estimate of drug-likeness (QED) is 0.442. The van der Waals surface area contributed by atoms with Crippen molar-refractivity contribution in [2.24, 2.45) is 0 Å². The van der Waals surface area contributed by atoms with Crippen molar-refractivity contribution in [2.45, 2.75) is 13.0 Å². The van der Waals surface area contributed by atoms with E-state index in [0.717, 1.165) is 21.7 Å². The maximum Gasteiger partial charge on any atom is 0.349 e. The Hall–Kier alpha value is -3.40. The summed E-state index contributed by atoms with van der Waals surface area (Å²) < 4.78 is 5.39. The first-order chi connectivity index (χ1) is 12.6. The number of fused-ring (bicyclic) bond motifs is 3. The van der Waals surface area contributed by atoms with Gasteiger partial charge in [-0.15, -0.1) is 0 Å². The standard InChI is InChI=1S/C22H17NO3/c1-14(15-7-3-2-4-8-15)23-21(24)19-13-18-17-10-6-5-9-16(17)11-12-20(18)26-22(19)25/h2-14H,1H3,(H,23,24). The predicted molar refractivity (Wildman–Crippen MR) is 102 cm³/mol. The maximum atomic E-state index is 12.7. The van der Waals surface area contributed by atoms with Crippen LogP contribution in [0, 0.1) is 0 Å². The van der Waals surface area contributed by atoms with Crippen LogP contribution in [0.5, 0.6) is 0 Å². The lowest BCUT2D eigenvalue weighted by molar-refractivity contribution is 0.0936. The van der Waals surface area contributed by atoms with Crippen molar-refractivity contribution in [2.75, 3.05) is 0 Å². The smallest absolute Gasteiger partial charge is 0.349 e. The molecule has 1 amide bonds. The van der Waals surface area contributed by atoms with E-state index >= 15 is 0 Å². The van der Waals surface area contributed by atoms with E-state index in [0.29, 0.717) is 5.58 Å². The van der Waals surface area contributed by atoms with Crippen molar-refractivity contribution in [3.8, 4) is 0 Å². The second-order valence-electron chi connectivity index (χ2n) is 6.25. The van der Waals surface area contributed by atoms with Gasteiger partial charge in [-0.1, -0.05) is 60.7 Å². The van der Waals surface area contributed by atoms with Gasteiger partial charge in [0.05, 0.1) is 6.04 Å². The minimum Gasteiger partial charge on any atom is -0.422 e. The first kappa shape index (κ1) is 16.1. The lowest BCUT2D eigenvalue weighted by Gasteiger charge is -2.14. The summed E-state index contributed by atoms with van der Waals surface area (Å²) in [5.41, 5.74) is 0.819. The summed E-state index contributed by atoms with van der Waals surface area (Å²) in [6.07, 6.45) is 0. The van der Waals surface area contributed by atoms with E-state index in [2.05, 4.69) is 5.32 Å². The molecule has 0 spiro atoms. The van der Waals surface area contributed by atoms with Crippen molar-refractivity contribution in [3.63, 3.8) is 0 Å². The van der Waals surface area contributed by atoms with Gasteiger partial charge in [-0.25, -0.2) is 4.79 Å². The lowest BCUT2D eigenvalue weighted by atomic mass is 10.0. The van der Waals surface area contributed by atoms with Crippen molar-refractivity contribution >= 4 is 27.6 Å². The molecule has 0 saturated carbocycles. The summed E-state index contributed by atoms with van der Waals surface area (Å²) in [5, 5.41) is 5.59. The van der Waals surface area contributed by atoms with Gasteiger partial charge in [0, 0.05) is 5.39 Å². The highest BCUT2D eigenvalue weighted by Gasteiger charge is 2.17. The zero-order chi connectivity index (χ0) is 18.1. The molecule has 1 N–H and O–H groups in total. The predicted octanol–water partition coefficient (Wildman–Crippen LogP) is 4.44. The molecule has 26 heavy (non-hydrogen) atoms. The Kier molecular flexibility index (Phi) is 4.01. The molecule has 0 aliphatic carbocycles. The Morgan fingerprint density at radius 2 is 1.65 bits per heavy atom. The van der Waals surface area contributed by atoms with Crippen LogP contribution in [0.3, 0.4) is 0 Å². The number of rotatable bonds is 3. The van der Waals surface area contributed by atoms with E-state index in [-0.39, 0.29) is 11.6 Å². The van der Waals surface area contributed by atoms with Crippen molar-refractivity contribution in [1.29, 1.82) is 0 Å². The second kappa shape index (κ2) is 6.48. The molecule has 128 valence electrons. The molecule has 4 aromatic rings. The number of carbonyl (C=O) groups excluding carboxylic acids is 1. The first-order valence-electron chi connectivity index (χ1n) is 8.45. The molecule has 1 heterocycles. The monoisotopic (exact) mass is 343 g/mol. The van der Waals surface area contributed by atoms with Gasteiger partial charge in [0.2, 0.25) is 0 Å². The number of hydrogen-bond donors (Lipinski definition) is 1. The average molecular weight is 343 g/mol. The molecule has 4 rings (SSSR count). The molecule has 4 heteroatoms. The number of carbonyl (C=O) groups is 1. The molecule has 1 atom stereocenters. The Labute approximate surface area is 150 Å². The van der Waals surface area contributed by atoms with Crippen LogP contribution >= 0.6 is 0 Å². The van der Waals surface area contributed by atoms with Crippen LogP contribution in [-0.2, 0) is 0 Å². The molecule has 0 saturated heterocycles. The third kappa shape index (κ3) is 2.86. The molecule has 1 aromatic heterocycles. The zero-order valence-electron chi connectivity index (χ0n) is 14.2. The Balaban J connectivity index is 1.76. The van der Waals surface area contributed by atoms with Crippen LogP contribution in [0.2, 0.25) is 0 Å². The Morgan fingerprint density at radius 1 is 0.923 bits per heavy atom. The largest absolute Gasteiger partial charge is 0.422 e. The summed E-state index contributed by atoms with van der Waals surface area (Å²) >= 11 is 0. The fraction of sp³-hybridized carbons (Fsp3) is 0.0909. The van der Waals surface area contributed by atoms with Crippen molar-refractivity contribution < 1.29 is 9.21 Å². The van der Waals surface area contributed by atoms with Gasteiger partial charge in [-0.05, 0) is 35.4 Å². The van der Waals surface area contributed by atoms with E-state index in [1.54, 1.807) is 12.1 Å². The minimum absolute atomic E-state index is 0.0108. The summed E-state index contributed by atoms with van der Waals surface area (Å²) in [5.74, 6) is -0.440. The van der Waals surface area contributed by atoms with Gasteiger partial charge in [-0.2, -0.15) is 0 Å². The minimum atomic E-state index is -0.634. The van der Waals surface area contributed by atoms with Gasteiger partial charge in [0.15, 0.2) is 0 Å². The van der Waals surface area contributed by atoms with Crippen LogP contribution in [-0.4, -0.2) is 5.91 Å². The molecular formula is C22H17NO3. The highest BCUT2D eigenvalue weighted by molar-refractivity contribution is 6.07. The van der Waals surface area contributed by atoms with Gasteiger partial charge < -0.3 is 9.73 Å². The molecule has 4 nitrogen and oxygen atoms in total. The third-order valence-electron chi connectivity index (χ3n) is 4.53. The molecule has 1 unspecified atom stereocenters. The van der Waals surface area contributed by atoms with Gasteiger partial charge >= 0.3 is 5.63 Å². The van der Waals surface area contributed by atoms with Crippen molar-refractivity contribution in [1.82, 2.24) is 5.32 Å². The molecule has 0 radical (unpaired) electrons. The van der Waals surface area contributed by atoms with Gasteiger partial charge in [0.25, 0.3) is 5.91 Å². The number of nitrogens with one attached hydrogen (secondary N) is 1. The Morgan fingerprint density at radius 3 is 2.46 bits per heavy atom. The number of amides is 1. The van der Waals surface area contributed by atoms with Crippen LogP contribution < -0.4 is 10.9 Å². The molecule has 0 aliphatic rings. The molecule has 0 fully saturated rings. The van der Waals surface area contributed by atoms with Crippen LogP contribution in [0.1, 0.15) is 28.9 Å². The number of hydrogen-bond acceptors (Lipinski definition) is 3. The van der Waals surface area contributed by atoms with Crippen LogP contribution in [0.4, 0.5) is 0 Å².